The third kappa shape index (κ3) is 2.83. The van der Waals surface area contributed by atoms with Crippen LogP contribution >= 0.6 is 0 Å². The average molecular weight is 292 g/mol. The van der Waals surface area contributed by atoms with Gasteiger partial charge in [0.15, 0.2) is 11.9 Å². The molecule has 2 aromatic rings. The second-order valence-corrected chi connectivity index (χ2v) is 4.83. The summed E-state index contributed by atoms with van der Waals surface area (Å²) >= 11 is 0. The van der Waals surface area contributed by atoms with Crippen molar-refractivity contribution in [2.45, 2.75) is 18.4 Å². The molecule has 0 spiro atoms. The van der Waals surface area contributed by atoms with Gasteiger partial charge in [-0.15, -0.1) is 0 Å². The number of alkyl halides is 3. The monoisotopic (exact) mass is 292 g/mol. The van der Waals surface area contributed by atoms with Crippen molar-refractivity contribution >= 4 is 5.78 Å². The molecule has 1 aliphatic rings. The van der Waals surface area contributed by atoms with Crippen LogP contribution in [0.2, 0.25) is 0 Å². The Labute approximate surface area is 119 Å². The number of halogens is 3. The van der Waals surface area contributed by atoms with Gasteiger partial charge in [-0.3, -0.25) is 4.79 Å². The van der Waals surface area contributed by atoms with Gasteiger partial charge in [0.2, 0.25) is 0 Å². The van der Waals surface area contributed by atoms with Gasteiger partial charge in [-0.1, -0.05) is 42.5 Å². The van der Waals surface area contributed by atoms with Crippen LogP contribution < -0.4 is 0 Å². The summed E-state index contributed by atoms with van der Waals surface area (Å²) in [5, 5.41) is 0. The number of rotatable bonds is 3. The number of carbonyl (C=O) groups is 1. The smallest absolute Gasteiger partial charge is 0.356 e. The van der Waals surface area contributed by atoms with E-state index in [1.165, 1.54) is 12.1 Å². The molecule has 1 aliphatic heterocycles. The number of ether oxygens (including phenoxy) is 1. The maximum atomic E-state index is 12.5. The zero-order valence-corrected chi connectivity index (χ0v) is 10.8. The van der Waals surface area contributed by atoms with Gasteiger partial charge in [0.05, 0.1) is 5.56 Å². The number of Topliss-reactive ketones (excluding diaryl/α,β-unsaturated/α-hetero) is 1. The summed E-state index contributed by atoms with van der Waals surface area (Å²) in [5.74, 6) is -0.152. The Balaban J connectivity index is 1.72. The van der Waals surface area contributed by atoms with Gasteiger partial charge < -0.3 is 4.74 Å². The zero-order valence-electron chi connectivity index (χ0n) is 10.8. The lowest BCUT2D eigenvalue weighted by Gasteiger charge is -2.06. The maximum absolute atomic E-state index is 12.5. The highest BCUT2D eigenvalue weighted by Gasteiger charge is 2.46. The highest BCUT2D eigenvalue weighted by molar-refractivity contribution is 6.01. The summed E-state index contributed by atoms with van der Waals surface area (Å²) in [6, 6.07) is 13.4. The van der Waals surface area contributed by atoms with Crippen molar-refractivity contribution in [1.82, 2.24) is 0 Å². The van der Waals surface area contributed by atoms with E-state index in [0.717, 1.165) is 12.1 Å². The van der Waals surface area contributed by atoms with E-state index in [-0.39, 0.29) is 5.78 Å². The van der Waals surface area contributed by atoms with Gasteiger partial charge in [0, 0.05) is 5.56 Å². The quantitative estimate of drug-likeness (QED) is 0.631. The van der Waals surface area contributed by atoms with Crippen molar-refractivity contribution in [3.05, 3.63) is 71.3 Å². The molecular weight excluding hydrogens is 281 g/mol. The summed E-state index contributed by atoms with van der Waals surface area (Å²) < 4.78 is 42.7. The van der Waals surface area contributed by atoms with Crippen LogP contribution in [0.1, 0.15) is 27.6 Å². The van der Waals surface area contributed by atoms with E-state index in [0.29, 0.717) is 11.1 Å². The van der Waals surface area contributed by atoms with Crippen LogP contribution in [0.4, 0.5) is 13.2 Å². The fraction of sp³-hybridized carbons (Fsp3) is 0.188. The molecule has 0 saturated carbocycles. The Bertz CT molecular complexity index is 647. The fourth-order valence-corrected chi connectivity index (χ4v) is 2.19. The summed E-state index contributed by atoms with van der Waals surface area (Å²) in [5.41, 5.74) is 0.409. The molecule has 1 heterocycles. The van der Waals surface area contributed by atoms with Crippen LogP contribution in [0.25, 0.3) is 0 Å². The molecule has 5 heteroatoms. The molecule has 1 saturated heterocycles. The van der Waals surface area contributed by atoms with E-state index in [2.05, 4.69) is 0 Å². The molecule has 0 N–H and O–H groups in total. The highest BCUT2D eigenvalue weighted by atomic mass is 19.4. The minimum atomic E-state index is -4.36. The molecule has 0 unspecified atom stereocenters. The molecular formula is C16H11F3O2. The summed E-state index contributed by atoms with van der Waals surface area (Å²) in [6.45, 7) is 0. The van der Waals surface area contributed by atoms with Gasteiger partial charge in [0.1, 0.15) is 6.10 Å². The topological polar surface area (TPSA) is 29.6 Å². The SMILES string of the molecule is O=C(c1ccccc1)[C@@H]1O[C@@H]1c1ccc(C(F)(F)F)cc1. The third-order valence-electron chi connectivity index (χ3n) is 3.37. The first-order valence-electron chi connectivity index (χ1n) is 6.39. The minimum absolute atomic E-state index is 0.152. The number of ketones is 1. The predicted octanol–water partition coefficient (Wildman–Crippen LogP) is 4.03. The molecule has 2 nitrogen and oxygen atoms in total. The van der Waals surface area contributed by atoms with Gasteiger partial charge in [-0.2, -0.15) is 13.2 Å². The molecule has 0 radical (unpaired) electrons. The summed E-state index contributed by atoms with van der Waals surface area (Å²) in [7, 11) is 0. The zero-order chi connectivity index (χ0) is 15.0. The van der Waals surface area contributed by atoms with Crippen LogP contribution in [-0.4, -0.2) is 11.9 Å². The largest absolute Gasteiger partial charge is 0.416 e. The van der Waals surface area contributed by atoms with Gasteiger partial charge >= 0.3 is 6.18 Å². The fourth-order valence-electron chi connectivity index (χ4n) is 2.19. The Morgan fingerprint density at radius 3 is 2.14 bits per heavy atom. The Morgan fingerprint density at radius 2 is 1.57 bits per heavy atom. The first-order chi connectivity index (χ1) is 9.97. The lowest BCUT2D eigenvalue weighted by atomic mass is 10.0. The lowest BCUT2D eigenvalue weighted by molar-refractivity contribution is -0.137. The van der Waals surface area contributed by atoms with E-state index in [1.807, 2.05) is 0 Å². The van der Waals surface area contributed by atoms with Gasteiger partial charge in [0.25, 0.3) is 0 Å². The molecule has 3 rings (SSSR count). The van der Waals surface area contributed by atoms with Crippen molar-refractivity contribution in [1.29, 1.82) is 0 Å². The van der Waals surface area contributed by atoms with Gasteiger partial charge in [-0.05, 0) is 17.7 Å². The molecule has 108 valence electrons. The van der Waals surface area contributed by atoms with Crippen LogP contribution in [0.15, 0.2) is 54.6 Å². The van der Waals surface area contributed by atoms with Crippen molar-refractivity contribution in [2.75, 3.05) is 0 Å². The number of carbonyl (C=O) groups excluding carboxylic acids is 1. The first kappa shape index (κ1) is 13.8. The van der Waals surface area contributed by atoms with E-state index in [9.17, 15) is 18.0 Å². The summed E-state index contributed by atoms with van der Waals surface area (Å²) in [4.78, 5) is 12.1. The van der Waals surface area contributed by atoms with E-state index in [1.54, 1.807) is 30.3 Å². The Morgan fingerprint density at radius 1 is 0.952 bits per heavy atom. The van der Waals surface area contributed by atoms with Crippen LogP contribution in [0, 0.1) is 0 Å². The Kier molecular flexibility index (Phi) is 3.29. The molecule has 0 amide bonds. The number of benzene rings is 2. The highest BCUT2D eigenvalue weighted by Crippen LogP contribution is 2.41. The van der Waals surface area contributed by atoms with E-state index in [4.69, 9.17) is 4.74 Å². The number of hydrogen-bond donors (Lipinski definition) is 0. The minimum Gasteiger partial charge on any atom is -0.356 e. The van der Waals surface area contributed by atoms with Crippen molar-refractivity contribution in [3.63, 3.8) is 0 Å². The molecule has 2 aromatic carbocycles. The normalized spacial score (nSPS) is 21.1. The van der Waals surface area contributed by atoms with Crippen LogP contribution in [-0.2, 0) is 10.9 Å². The maximum Gasteiger partial charge on any atom is 0.416 e. The standard InChI is InChI=1S/C16H11F3O2/c17-16(18,19)12-8-6-11(7-9-12)14-15(21-14)13(20)10-4-2-1-3-5-10/h1-9,14-15H/t14-,15+/m1/s1. The predicted molar refractivity (Wildman–Crippen MR) is 69.8 cm³/mol. The van der Waals surface area contributed by atoms with Crippen molar-refractivity contribution < 1.29 is 22.7 Å². The second-order valence-electron chi connectivity index (χ2n) is 4.83. The molecule has 21 heavy (non-hydrogen) atoms. The molecule has 0 aliphatic carbocycles. The van der Waals surface area contributed by atoms with E-state index < -0.39 is 23.9 Å². The second kappa shape index (κ2) is 5.00. The Hall–Kier alpha value is -2.14. The number of hydrogen-bond acceptors (Lipinski definition) is 2. The van der Waals surface area contributed by atoms with Crippen LogP contribution in [0.5, 0.6) is 0 Å². The lowest BCUT2D eigenvalue weighted by Crippen LogP contribution is -2.08. The van der Waals surface area contributed by atoms with E-state index >= 15 is 0 Å². The average Bonchev–Trinajstić information content (AvgIpc) is 3.27. The third-order valence-corrected chi connectivity index (χ3v) is 3.37. The molecule has 0 aromatic heterocycles. The first-order valence-corrected chi connectivity index (χ1v) is 6.39. The molecule has 0 bridgehead atoms. The van der Waals surface area contributed by atoms with Gasteiger partial charge in [-0.25, -0.2) is 0 Å². The molecule has 2 atom stereocenters. The van der Waals surface area contributed by atoms with Crippen molar-refractivity contribution in [3.8, 4) is 0 Å². The molecule has 1 fully saturated rings. The van der Waals surface area contributed by atoms with Crippen molar-refractivity contribution in [2.24, 2.45) is 0 Å². The summed E-state index contributed by atoms with van der Waals surface area (Å²) in [6.07, 6.45) is -5.42. The van der Waals surface area contributed by atoms with Crippen LogP contribution in [0.3, 0.4) is 0 Å². The number of epoxide rings is 1.